The number of carbonyl (C=O) groups excluding carboxylic acids is 1. The van der Waals surface area contributed by atoms with Gasteiger partial charge in [-0.05, 0) is 29.3 Å². The van der Waals surface area contributed by atoms with E-state index in [4.69, 9.17) is 5.73 Å². The molecule has 0 aliphatic rings. The molecule has 0 radical (unpaired) electrons. The zero-order chi connectivity index (χ0) is 19.3. The Bertz CT molecular complexity index is 1110. The molecule has 1 aromatic carbocycles. The second kappa shape index (κ2) is 7.98. The molecule has 0 spiro atoms. The lowest BCUT2D eigenvalue weighted by molar-refractivity contribution is 0.0950. The van der Waals surface area contributed by atoms with Gasteiger partial charge in [0.25, 0.3) is 5.91 Å². The van der Waals surface area contributed by atoms with Crippen LogP contribution in [0.25, 0.3) is 11.2 Å². The fraction of sp³-hybridized carbons (Fsp3) is 0.143. The molecule has 0 aliphatic carbocycles. The quantitative estimate of drug-likeness (QED) is 0.541. The van der Waals surface area contributed by atoms with Gasteiger partial charge in [0, 0.05) is 18.9 Å². The Morgan fingerprint density at radius 3 is 2.71 bits per heavy atom. The van der Waals surface area contributed by atoms with E-state index in [0.29, 0.717) is 30.7 Å². The van der Waals surface area contributed by atoms with E-state index < -0.39 is 0 Å². The van der Waals surface area contributed by atoms with Crippen molar-refractivity contribution >= 4 is 17.1 Å². The van der Waals surface area contributed by atoms with E-state index in [0.717, 1.165) is 22.5 Å². The molecule has 4 aromatic rings. The van der Waals surface area contributed by atoms with Gasteiger partial charge in [-0.2, -0.15) is 0 Å². The smallest absolute Gasteiger partial charge is 0.253 e. The van der Waals surface area contributed by atoms with Crippen LogP contribution in [0.5, 0.6) is 0 Å². The summed E-state index contributed by atoms with van der Waals surface area (Å²) in [5.41, 5.74) is 10.4. The molecular formula is C21H20N6O. The van der Waals surface area contributed by atoms with Crippen molar-refractivity contribution < 1.29 is 4.79 Å². The van der Waals surface area contributed by atoms with Gasteiger partial charge in [-0.25, -0.2) is 9.97 Å². The van der Waals surface area contributed by atoms with Crippen molar-refractivity contribution in [1.82, 2.24) is 24.8 Å². The fourth-order valence-electron chi connectivity index (χ4n) is 2.99. The van der Waals surface area contributed by atoms with Gasteiger partial charge in [-0.1, -0.05) is 30.3 Å². The number of rotatable bonds is 6. The summed E-state index contributed by atoms with van der Waals surface area (Å²) in [7, 11) is 0. The molecule has 0 unspecified atom stereocenters. The minimum Gasteiger partial charge on any atom is -0.346 e. The predicted octanol–water partition coefficient (Wildman–Crippen LogP) is 2.26. The maximum absolute atomic E-state index is 12.5. The van der Waals surface area contributed by atoms with Crippen LogP contribution in [-0.4, -0.2) is 25.4 Å². The number of aromatic nitrogens is 4. The first-order valence-corrected chi connectivity index (χ1v) is 9.00. The van der Waals surface area contributed by atoms with E-state index in [-0.39, 0.29) is 5.91 Å². The third kappa shape index (κ3) is 3.89. The number of hydrogen-bond acceptors (Lipinski definition) is 5. The van der Waals surface area contributed by atoms with Crippen LogP contribution in [0, 0.1) is 0 Å². The number of pyridine rings is 2. The van der Waals surface area contributed by atoms with Gasteiger partial charge < -0.3 is 15.6 Å². The monoisotopic (exact) mass is 372 g/mol. The van der Waals surface area contributed by atoms with Crippen molar-refractivity contribution in [2.75, 3.05) is 0 Å². The normalized spacial score (nSPS) is 10.9. The average Bonchev–Trinajstić information content (AvgIpc) is 3.15. The first-order chi connectivity index (χ1) is 13.7. The molecular weight excluding hydrogens is 352 g/mol. The van der Waals surface area contributed by atoms with Crippen LogP contribution in [0.2, 0.25) is 0 Å². The highest BCUT2D eigenvalue weighted by Crippen LogP contribution is 2.14. The van der Waals surface area contributed by atoms with Crippen molar-refractivity contribution in [3.63, 3.8) is 0 Å². The van der Waals surface area contributed by atoms with Gasteiger partial charge in [0.2, 0.25) is 0 Å². The van der Waals surface area contributed by atoms with E-state index in [1.165, 1.54) is 0 Å². The number of nitrogens with one attached hydrogen (secondary N) is 1. The van der Waals surface area contributed by atoms with Gasteiger partial charge in [-0.15, -0.1) is 0 Å². The van der Waals surface area contributed by atoms with Crippen LogP contribution in [0.1, 0.15) is 27.2 Å². The zero-order valence-corrected chi connectivity index (χ0v) is 15.2. The third-order valence-electron chi connectivity index (χ3n) is 4.46. The Morgan fingerprint density at radius 2 is 1.89 bits per heavy atom. The Hall–Kier alpha value is -3.58. The molecule has 140 valence electrons. The molecule has 0 atom stereocenters. The molecule has 3 N–H and O–H groups in total. The van der Waals surface area contributed by atoms with Crippen LogP contribution in [0.4, 0.5) is 0 Å². The largest absolute Gasteiger partial charge is 0.346 e. The Labute approximate surface area is 162 Å². The van der Waals surface area contributed by atoms with Crippen LogP contribution in [0.3, 0.4) is 0 Å². The van der Waals surface area contributed by atoms with Crippen LogP contribution < -0.4 is 11.1 Å². The van der Waals surface area contributed by atoms with E-state index in [2.05, 4.69) is 32.4 Å². The SMILES string of the molecule is NCc1ccnc(CNC(=O)c2cnc3c(c2)ncn3Cc2ccccc2)c1. The molecule has 0 saturated carbocycles. The highest BCUT2D eigenvalue weighted by molar-refractivity contribution is 5.96. The average molecular weight is 372 g/mol. The van der Waals surface area contributed by atoms with Crippen molar-refractivity contribution in [3.8, 4) is 0 Å². The Kier molecular flexibility index (Phi) is 5.07. The third-order valence-corrected chi connectivity index (χ3v) is 4.46. The molecule has 4 rings (SSSR count). The van der Waals surface area contributed by atoms with E-state index in [1.807, 2.05) is 34.9 Å². The van der Waals surface area contributed by atoms with Crippen molar-refractivity contribution in [2.45, 2.75) is 19.6 Å². The molecule has 1 amide bonds. The van der Waals surface area contributed by atoms with Gasteiger partial charge in [0.05, 0.1) is 30.7 Å². The molecule has 3 aromatic heterocycles. The van der Waals surface area contributed by atoms with Crippen LogP contribution >= 0.6 is 0 Å². The van der Waals surface area contributed by atoms with Crippen molar-refractivity contribution in [2.24, 2.45) is 5.73 Å². The minimum absolute atomic E-state index is 0.216. The lowest BCUT2D eigenvalue weighted by atomic mass is 10.2. The predicted molar refractivity (Wildman–Crippen MR) is 106 cm³/mol. The standard InChI is InChI=1S/C21H20N6O/c22-10-16-6-7-23-18(8-16)12-25-21(28)17-9-19-20(24-11-17)27(14-26-19)13-15-4-2-1-3-5-15/h1-9,11,14H,10,12-13,22H2,(H,25,28). The van der Waals surface area contributed by atoms with Gasteiger partial charge in [0.15, 0.2) is 5.65 Å². The van der Waals surface area contributed by atoms with Crippen molar-refractivity contribution in [1.29, 1.82) is 0 Å². The number of fused-ring (bicyclic) bond motifs is 1. The number of nitrogens with zero attached hydrogens (tertiary/aromatic N) is 4. The van der Waals surface area contributed by atoms with Gasteiger partial charge in [0.1, 0.15) is 5.52 Å². The molecule has 7 nitrogen and oxygen atoms in total. The summed E-state index contributed by atoms with van der Waals surface area (Å²) in [6.07, 6.45) is 5.01. The second-order valence-electron chi connectivity index (χ2n) is 6.47. The highest BCUT2D eigenvalue weighted by Gasteiger charge is 2.11. The molecule has 0 fully saturated rings. The topological polar surface area (TPSA) is 98.7 Å². The number of hydrogen-bond donors (Lipinski definition) is 2. The lowest BCUT2D eigenvalue weighted by Crippen LogP contribution is -2.23. The summed E-state index contributed by atoms with van der Waals surface area (Å²) < 4.78 is 1.97. The molecule has 0 aliphatic heterocycles. The summed E-state index contributed by atoms with van der Waals surface area (Å²) in [6.45, 7) is 1.45. The zero-order valence-electron chi connectivity index (χ0n) is 15.2. The van der Waals surface area contributed by atoms with Crippen LogP contribution in [0.15, 0.2) is 67.3 Å². The number of carbonyl (C=O) groups is 1. The molecule has 0 saturated heterocycles. The van der Waals surface area contributed by atoms with Gasteiger partial charge >= 0.3 is 0 Å². The molecule has 3 heterocycles. The van der Waals surface area contributed by atoms with Crippen LogP contribution in [-0.2, 0) is 19.6 Å². The van der Waals surface area contributed by atoms with E-state index in [1.54, 1.807) is 24.8 Å². The summed E-state index contributed by atoms with van der Waals surface area (Å²) in [5, 5.41) is 2.86. The first-order valence-electron chi connectivity index (χ1n) is 9.00. The fourth-order valence-corrected chi connectivity index (χ4v) is 2.99. The Balaban J connectivity index is 1.47. The lowest BCUT2D eigenvalue weighted by Gasteiger charge is -2.07. The number of imidazole rings is 1. The molecule has 0 bridgehead atoms. The van der Waals surface area contributed by atoms with E-state index >= 15 is 0 Å². The molecule has 28 heavy (non-hydrogen) atoms. The number of benzene rings is 1. The maximum atomic E-state index is 12.5. The second-order valence-corrected chi connectivity index (χ2v) is 6.47. The van der Waals surface area contributed by atoms with Crippen molar-refractivity contribution in [3.05, 3.63) is 89.6 Å². The summed E-state index contributed by atoms with van der Waals surface area (Å²) in [4.78, 5) is 25.6. The first kappa shape index (κ1) is 17.8. The van der Waals surface area contributed by atoms with Gasteiger partial charge in [-0.3, -0.25) is 9.78 Å². The minimum atomic E-state index is -0.216. The maximum Gasteiger partial charge on any atom is 0.253 e. The highest BCUT2D eigenvalue weighted by atomic mass is 16.1. The number of amides is 1. The number of nitrogens with two attached hydrogens (primary N) is 1. The summed E-state index contributed by atoms with van der Waals surface area (Å²) in [6, 6.07) is 15.6. The Morgan fingerprint density at radius 1 is 1.04 bits per heavy atom. The summed E-state index contributed by atoms with van der Waals surface area (Å²) in [5.74, 6) is -0.216. The molecule has 7 heteroatoms. The van der Waals surface area contributed by atoms with E-state index in [9.17, 15) is 4.79 Å². The summed E-state index contributed by atoms with van der Waals surface area (Å²) >= 11 is 0.